The van der Waals surface area contributed by atoms with Crippen molar-refractivity contribution < 1.29 is 0 Å². The lowest BCUT2D eigenvalue weighted by Crippen LogP contribution is -2.08. The van der Waals surface area contributed by atoms with Gasteiger partial charge in [0.1, 0.15) is 0 Å². The molecule has 0 amide bonds. The minimum absolute atomic E-state index is 0.982. The van der Waals surface area contributed by atoms with E-state index < -0.39 is 0 Å². The molecule has 0 bridgehead atoms. The fraction of sp³-hybridized carbons (Fsp3) is 0.105. The number of hydrogen-bond acceptors (Lipinski definition) is 2. The third-order valence-electron chi connectivity index (χ3n) is 3.53. The quantitative estimate of drug-likeness (QED) is 0.634. The molecule has 21 heavy (non-hydrogen) atoms. The molecule has 0 heterocycles. The summed E-state index contributed by atoms with van der Waals surface area (Å²) in [6, 6.07) is 22.8. The van der Waals surface area contributed by atoms with Gasteiger partial charge in [0, 0.05) is 25.9 Å². The summed E-state index contributed by atoms with van der Waals surface area (Å²) in [5, 5.41) is 2.47. The number of fused-ring (bicyclic) bond motifs is 1. The van der Waals surface area contributed by atoms with Crippen LogP contribution in [-0.4, -0.2) is 20.3 Å². The average Bonchev–Trinajstić information content (AvgIpc) is 2.53. The highest BCUT2D eigenvalue weighted by molar-refractivity contribution is 6.00. The Morgan fingerprint density at radius 3 is 2.38 bits per heavy atom. The summed E-state index contributed by atoms with van der Waals surface area (Å²) < 4.78 is 0. The largest absolute Gasteiger partial charge is 0.376 e. The molecule has 0 fully saturated rings. The van der Waals surface area contributed by atoms with Gasteiger partial charge in [-0.05, 0) is 22.9 Å². The maximum Gasteiger partial charge on any atom is 0.0863 e. The Kier molecular flexibility index (Phi) is 3.69. The summed E-state index contributed by atoms with van der Waals surface area (Å²) in [7, 11) is 4.07. The lowest BCUT2D eigenvalue weighted by Gasteiger charge is -2.14. The Labute approximate surface area is 125 Å². The van der Waals surface area contributed by atoms with E-state index in [1.807, 2.05) is 38.5 Å². The summed E-state index contributed by atoms with van der Waals surface area (Å²) in [6.45, 7) is 0. The number of para-hydroxylation sites is 2. The van der Waals surface area contributed by atoms with Gasteiger partial charge in [0.25, 0.3) is 0 Å². The summed E-state index contributed by atoms with van der Waals surface area (Å²) in [5.74, 6) is 0. The Bertz CT molecular complexity index is 783. The maximum absolute atomic E-state index is 4.68. The van der Waals surface area contributed by atoms with E-state index in [0.717, 1.165) is 16.9 Å². The van der Waals surface area contributed by atoms with Gasteiger partial charge in [0.05, 0.1) is 11.4 Å². The SMILES string of the molecule is CN(C)c1ccccc1N=Cc1cccc2ccccc12. The Hall–Kier alpha value is -2.61. The zero-order valence-corrected chi connectivity index (χ0v) is 12.3. The molecule has 0 spiro atoms. The second kappa shape index (κ2) is 5.80. The van der Waals surface area contributed by atoms with E-state index in [4.69, 9.17) is 0 Å². The third kappa shape index (κ3) is 2.79. The van der Waals surface area contributed by atoms with E-state index in [0.29, 0.717) is 0 Å². The molecule has 0 N–H and O–H groups in total. The van der Waals surface area contributed by atoms with E-state index in [9.17, 15) is 0 Å². The van der Waals surface area contributed by atoms with E-state index in [2.05, 4.69) is 58.4 Å². The van der Waals surface area contributed by atoms with Crippen LogP contribution in [-0.2, 0) is 0 Å². The van der Waals surface area contributed by atoms with Crippen molar-refractivity contribution in [3.63, 3.8) is 0 Å². The number of hydrogen-bond donors (Lipinski definition) is 0. The zero-order valence-electron chi connectivity index (χ0n) is 12.3. The monoisotopic (exact) mass is 274 g/mol. The van der Waals surface area contributed by atoms with Crippen molar-refractivity contribution in [3.8, 4) is 0 Å². The van der Waals surface area contributed by atoms with Gasteiger partial charge < -0.3 is 4.90 Å². The van der Waals surface area contributed by atoms with Crippen LogP contribution >= 0.6 is 0 Å². The lowest BCUT2D eigenvalue weighted by molar-refractivity contribution is 1.13. The number of anilines is 1. The molecule has 2 nitrogen and oxygen atoms in total. The van der Waals surface area contributed by atoms with Crippen LogP contribution in [0.25, 0.3) is 10.8 Å². The molecule has 0 atom stereocenters. The molecule has 0 radical (unpaired) electrons. The second-order valence-corrected chi connectivity index (χ2v) is 5.21. The van der Waals surface area contributed by atoms with E-state index in [1.54, 1.807) is 0 Å². The van der Waals surface area contributed by atoms with Gasteiger partial charge in [-0.25, -0.2) is 0 Å². The molecule has 3 aromatic rings. The fourth-order valence-electron chi connectivity index (χ4n) is 2.45. The van der Waals surface area contributed by atoms with Crippen LogP contribution < -0.4 is 4.90 Å². The smallest absolute Gasteiger partial charge is 0.0863 e. The topological polar surface area (TPSA) is 15.6 Å². The van der Waals surface area contributed by atoms with Crippen molar-refractivity contribution in [2.45, 2.75) is 0 Å². The Morgan fingerprint density at radius 2 is 1.52 bits per heavy atom. The highest BCUT2D eigenvalue weighted by Gasteiger charge is 2.02. The van der Waals surface area contributed by atoms with Crippen molar-refractivity contribution in [1.29, 1.82) is 0 Å². The molecule has 0 aliphatic rings. The van der Waals surface area contributed by atoms with Crippen molar-refractivity contribution in [2.24, 2.45) is 4.99 Å². The molecule has 2 heteroatoms. The molecule has 0 saturated carbocycles. The van der Waals surface area contributed by atoms with Crippen LogP contribution in [0, 0.1) is 0 Å². The van der Waals surface area contributed by atoms with Crippen molar-refractivity contribution in [3.05, 3.63) is 72.3 Å². The summed E-state index contributed by atoms with van der Waals surface area (Å²) in [4.78, 5) is 6.76. The molecule has 3 rings (SSSR count). The van der Waals surface area contributed by atoms with Gasteiger partial charge in [0.2, 0.25) is 0 Å². The molecule has 0 aliphatic heterocycles. The molecule has 0 saturated heterocycles. The standard InChI is InChI=1S/C19H18N2/c1-21(2)19-13-6-5-12-18(19)20-14-16-10-7-9-15-8-3-4-11-17(15)16/h3-14H,1-2H3. The van der Waals surface area contributed by atoms with Crippen LogP contribution in [0.3, 0.4) is 0 Å². The lowest BCUT2D eigenvalue weighted by atomic mass is 10.1. The van der Waals surface area contributed by atoms with Crippen molar-refractivity contribution in [1.82, 2.24) is 0 Å². The summed E-state index contributed by atoms with van der Waals surface area (Å²) in [5.41, 5.74) is 3.24. The van der Waals surface area contributed by atoms with Gasteiger partial charge >= 0.3 is 0 Å². The van der Waals surface area contributed by atoms with Crippen LogP contribution in [0.5, 0.6) is 0 Å². The Balaban J connectivity index is 2.03. The minimum Gasteiger partial charge on any atom is -0.376 e. The molecular weight excluding hydrogens is 256 g/mol. The van der Waals surface area contributed by atoms with Crippen LogP contribution in [0.15, 0.2) is 71.7 Å². The molecule has 0 aliphatic carbocycles. The van der Waals surface area contributed by atoms with Gasteiger partial charge in [-0.15, -0.1) is 0 Å². The Morgan fingerprint density at radius 1 is 0.810 bits per heavy atom. The zero-order chi connectivity index (χ0) is 14.7. The first-order chi connectivity index (χ1) is 10.3. The van der Waals surface area contributed by atoms with E-state index >= 15 is 0 Å². The first-order valence-electron chi connectivity index (χ1n) is 7.04. The molecular formula is C19H18N2. The molecule has 3 aromatic carbocycles. The van der Waals surface area contributed by atoms with Gasteiger partial charge in [-0.3, -0.25) is 4.99 Å². The van der Waals surface area contributed by atoms with Crippen LogP contribution in [0.4, 0.5) is 11.4 Å². The highest BCUT2D eigenvalue weighted by Crippen LogP contribution is 2.27. The van der Waals surface area contributed by atoms with Gasteiger partial charge in [-0.2, -0.15) is 0 Å². The summed E-state index contributed by atoms with van der Waals surface area (Å²) in [6.07, 6.45) is 1.95. The maximum atomic E-state index is 4.68. The first-order valence-corrected chi connectivity index (χ1v) is 7.04. The second-order valence-electron chi connectivity index (χ2n) is 5.21. The van der Waals surface area contributed by atoms with Gasteiger partial charge in [-0.1, -0.05) is 54.6 Å². The number of rotatable bonds is 3. The number of nitrogens with zero attached hydrogens (tertiary/aromatic N) is 2. The van der Waals surface area contributed by atoms with Crippen molar-refractivity contribution >= 4 is 28.4 Å². The van der Waals surface area contributed by atoms with Crippen LogP contribution in [0.2, 0.25) is 0 Å². The first kappa shape index (κ1) is 13.4. The third-order valence-corrected chi connectivity index (χ3v) is 3.53. The minimum atomic E-state index is 0.982. The number of aliphatic imine (C=N–C) groups is 1. The number of benzene rings is 3. The predicted octanol–water partition coefficient (Wildman–Crippen LogP) is 4.66. The molecule has 0 unspecified atom stereocenters. The predicted molar refractivity (Wildman–Crippen MR) is 92.0 cm³/mol. The van der Waals surface area contributed by atoms with Crippen LogP contribution in [0.1, 0.15) is 5.56 Å². The van der Waals surface area contributed by atoms with Gasteiger partial charge in [0.15, 0.2) is 0 Å². The van der Waals surface area contributed by atoms with Crippen molar-refractivity contribution in [2.75, 3.05) is 19.0 Å². The average molecular weight is 274 g/mol. The molecule has 0 aromatic heterocycles. The van der Waals surface area contributed by atoms with E-state index in [-0.39, 0.29) is 0 Å². The summed E-state index contributed by atoms with van der Waals surface area (Å²) >= 11 is 0. The molecule has 104 valence electrons. The fourth-order valence-corrected chi connectivity index (χ4v) is 2.45. The highest BCUT2D eigenvalue weighted by atomic mass is 15.1. The van der Waals surface area contributed by atoms with E-state index in [1.165, 1.54) is 10.8 Å². The normalized spacial score (nSPS) is 11.1.